The van der Waals surface area contributed by atoms with E-state index in [1.54, 1.807) is 0 Å². The van der Waals surface area contributed by atoms with Crippen LogP contribution in [0.2, 0.25) is 0 Å². The molecule has 1 N–H and O–H groups in total. The monoisotopic (exact) mass is 224 g/mol. The highest BCUT2D eigenvalue weighted by Crippen LogP contribution is 2.14. The van der Waals surface area contributed by atoms with Crippen LogP contribution in [0.25, 0.3) is 0 Å². The summed E-state index contributed by atoms with van der Waals surface area (Å²) in [6, 6.07) is 0. The van der Waals surface area contributed by atoms with Crippen LogP contribution in [-0.4, -0.2) is 11.2 Å². The zero-order chi connectivity index (χ0) is 11.5. The second-order valence-electron chi connectivity index (χ2n) is 5.12. The fourth-order valence-electron chi connectivity index (χ4n) is 2.37. The molecule has 1 atom stereocenters. The van der Waals surface area contributed by atoms with Gasteiger partial charge in [-0.3, -0.25) is 0 Å². The molecule has 94 valence electrons. The van der Waals surface area contributed by atoms with Crippen molar-refractivity contribution in [3.8, 4) is 0 Å². The summed E-state index contributed by atoms with van der Waals surface area (Å²) in [6.45, 7) is 0. The predicted octanol–water partition coefficient (Wildman–Crippen LogP) is 4.60. The molecule has 1 rings (SSSR count). The van der Waals surface area contributed by atoms with E-state index in [1.165, 1.54) is 64.2 Å². The second-order valence-corrected chi connectivity index (χ2v) is 5.12. The highest BCUT2D eigenvalue weighted by Gasteiger charge is 2.01. The maximum Gasteiger partial charge on any atom is 0.0574 e. The molecule has 0 aromatic carbocycles. The summed E-state index contributed by atoms with van der Waals surface area (Å²) < 4.78 is 0. The van der Waals surface area contributed by atoms with E-state index in [-0.39, 0.29) is 6.10 Å². The van der Waals surface area contributed by atoms with Gasteiger partial charge in [0.1, 0.15) is 0 Å². The third-order valence-electron chi connectivity index (χ3n) is 3.48. The van der Waals surface area contributed by atoms with Crippen molar-refractivity contribution in [2.24, 2.45) is 0 Å². The molecule has 16 heavy (non-hydrogen) atoms. The van der Waals surface area contributed by atoms with Crippen molar-refractivity contribution in [1.29, 1.82) is 0 Å². The first-order valence-corrected chi connectivity index (χ1v) is 7.22. The summed E-state index contributed by atoms with van der Waals surface area (Å²) in [7, 11) is 0. The Morgan fingerprint density at radius 2 is 1.25 bits per heavy atom. The Kier molecular flexibility index (Phi) is 8.51. The molecule has 1 heteroatoms. The van der Waals surface area contributed by atoms with Gasteiger partial charge in [0.25, 0.3) is 0 Å². The van der Waals surface area contributed by atoms with E-state index in [9.17, 15) is 5.11 Å². The first kappa shape index (κ1) is 13.8. The van der Waals surface area contributed by atoms with Crippen molar-refractivity contribution in [3.63, 3.8) is 0 Å². The van der Waals surface area contributed by atoms with Crippen LogP contribution in [-0.2, 0) is 0 Å². The third kappa shape index (κ3) is 7.92. The Balaban J connectivity index is 2.18. The lowest BCUT2D eigenvalue weighted by Gasteiger charge is -2.07. The summed E-state index contributed by atoms with van der Waals surface area (Å²) >= 11 is 0. The van der Waals surface area contributed by atoms with Gasteiger partial charge >= 0.3 is 0 Å². The molecule has 0 heterocycles. The molecule has 0 aromatic rings. The Labute approximate surface area is 101 Å². The zero-order valence-electron chi connectivity index (χ0n) is 10.7. The van der Waals surface area contributed by atoms with Crippen LogP contribution >= 0.6 is 0 Å². The quantitative estimate of drug-likeness (QED) is 0.596. The van der Waals surface area contributed by atoms with E-state index in [0.29, 0.717) is 0 Å². The molecule has 0 spiro atoms. The lowest BCUT2D eigenvalue weighted by atomic mass is 10.0. The van der Waals surface area contributed by atoms with E-state index < -0.39 is 0 Å². The SMILES string of the molecule is OC1C/C=C\CCCCCCCCCCC1. The zero-order valence-corrected chi connectivity index (χ0v) is 10.7. The van der Waals surface area contributed by atoms with Crippen molar-refractivity contribution in [1.82, 2.24) is 0 Å². The smallest absolute Gasteiger partial charge is 0.0574 e. The molecule has 0 fully saturated rings. The van der Waals surface area contributed by atoms with Crippen molar-refractivity contribution in [2.45, 2.75) is 83.2 Å². The van der Waals surface area contributed by atoms with Crippen LogP contribution in [0.1, 0.15) is 77.0 Å². The minimum atomic E-state index is -0.0959. The fourth-order valence-corrected chi connectivity index (χ4v) is 2.37. The molecule has 1 nitrogen and oxygen atoms in total. The lowest BCUT2D eigenvalue weighted by molar-refractivity contribution is 0.163. The molecule has 1 aliphatic rings. The van der Waals surface area contributed by atoms with Gasteiger partial charge < -0.3 is 5.11 Å². The molecule has 1 aliphatic carbocycles. The Hall–Kier alpha value is -0.300. The number of rotatable bonds is 0. The number of aliphatic hydroxyl groups excluding tert-OH is 1. The third-order valence-corrected chi connectivity index (χ3v) is 3.48. The largest absolute Gasteiger partial charge is 0.393 e. The van der Waals surface area contributed by atoms with Crippen LogP contribution in [0.5, 0.6) is 0 Å². The maximum atomic E-state index is 9.72. The first-order valence-electron chi connectivity index (χ1n) is 7.22. The summed E-state index contributed by atoms with van der Waals surface area (Å²) in [5.74, 6) is 0. The van der Waals surface area contributed by atoms with E-state index in [0.717, 1.165) is 12.8 Å². The van der Waals surface area contributed by atoms with Gasteiger partial charge in [0.2, 0.25) is 0 Å². The molecule has 0 saturated carbocycles. The van der Waals surface area contributed by atoms with E-state index in [4.69, 9.17) is 0 Å². The second kappa shape index (κ2) is 9.89. The van der Waals surface area contributed by atoms with E-state index in [1.807, 2.05) is 0 Å². The normalized spacial score (nSPS) is 28.9. The molecule has 0 aliphatic heterocycles. The van der Waals surface area contributed by atoms with Crippen LogP contribution in [0.15, 0.2) is 12.2 Å². The van der Waals surface area contributed by atoms with Gasteiger partial charge in [-0.05, 0) is 25.7 Å². The van der Waals surface area contributed by atoms with Crippen LogP contribution in [0.4, 0.5) is 0 Å². The van der Waals surface area contributed by atoms with Gasteiger partial charge in [0.05, 0.1) is 6.10 Å². The van der Waals surface area contributed by atoms with Gasteiger partial charge in [-0.15, -0.1) is 0 Å². The Bertz CT molecular complexity index is 174. The minimum absolute atomic E-state index is 0.0959. The fraction of sp³-hybridized carbons (Fsp3) is 0.867. The van der Waals surface area contributed by atoms with Crippen molar-refractivity contribution in [3.05, 3.63) is 12.2 Å². The van der Waals surface area contributed by atoms with Gasteiger partial charge in [0, 0.05) is 0 Å². The highest BCUT2D eigenvalue weighted by molar-refractivity contribution is 4.84. The van der Waals surface area contributed by atoms with Crippen LogP contribution in [0, 0.1) is 0 Å². The molecule has 0 radical (unpaired) electrons. The summed E-state index contributed by atoms with van der Waals surface area (Å²) in [4.78, 5) is 0. The highest BCUT2D eigenvalue weighted by atomic mass is 16.3. The molecule has 0 amide bonds. The number of aliphatic hydroxyl groups is 1. The summed E-state index contributed by atoms with van der Waals surface area (Å²) in [6.07, 6.45) is 19.6. The van der Waals surface area contributed by atoms with Gasteiger partial charge in [-0.25, -0.2) is 0 Å². The molecule has 0 saturated heterocycles. The Morgan fingerprint density at radius 3 is 1.94 bits per heavy atom. The van der Waals surface area contributed by atoms with Crippen molar-refractivity contribution >= 4 is 0 Å². The predicted molar refractivity (Wildman–Crippen MR) is 70.6 cm³/mol. The average Bonchev–Trinajstić information content (AvgIpc) is 2.29. The molecular formula is C15H28O. The van der Waals surface area contributed by atoms with Gasteiger partial charge in [-0.2, -0.15) is 0 Å². The van der Waals surface area contributed by atoms with E-state index >= 15 is 0 Å². The molecule has 0 aromatic heterocycles. The maximum absolute atomic E-state index is 9.72. The average molecular weight is 224 g/mol. The number of allylic oxidation sites excluding steroid dienone is 1. The van der Waals surface area contributed by atoms with Gasteiger partial charge in [-0.1, -0.05) is 63.5 Å². The van der Waals surface area contributed by atoms with Gasteiger partial charge in [0.15, 0.2) is 0 Å². The number of hydrogen-bond acceptors (Lipinski definition) is 1. The molecular weight excluding hydrogens is 196 g/mol. The summed E-state index contributed by atoms with van der Waals surface area (Å²) in [5.41, 5.74) is 0. The Morgan fingerprint density at radius 1 is 0.688 bits per heavy atom. The molecule has 0 bridgehead atoms. The molecule has 1 unspecified atom stereocenters. The van der Waals surface area contributed by atoms with Crippen molar-refractivity contribution in [2.75, 3.05) is 0 Å². The van der Waals surface area contributed by atoms with Crippen LogP contribution < -0.4 is 0 Å². The standard InChI is InChI=1S/C15H28O/c16-15-13-11-9-7-5-3-1-2-4-6-8-10-12-14-15/h9,11,15-16H,1-8,10,12-14H2/b11-9-. The summed E-state index contributed by atoms with van der Waals surface area (Å²) in [5, 5.41) is 9.72. The lowest BCUT2D eigenvalue weighted by Crippen LogP contribution is -2.04. The van der Waals surface area contributed by atoms with Crippen LogP contribution in [0.3, 0.4) is 0 Å². The van der Waals surface area contributed by atoms with Crippen molar-refractivity contribution < 1.29 is 5.11 Å². The number of hydrogen-bond donors (Lipinski definition) is 1. The first-order chi connectivity index (χ1) is 7.89. The van der Waals surface area contributed by atoms with E-state index in [2.05, 4.69) is 12.2 Å². The topological polar surface area (TPSA) is 20.2 Å². The minimum Gasteiger partial charge on any atom is -0.393 e.